The molecule has 2 aliphatic heterocycles. The van der Waals surface area contributed by atoms with Crippen molar-refractivity contribution in [1.82, 2.24) is 4.90 Å². The normalized spacial score (nSPS) is 25.0. The summed E-state index contributed by atoms with van der Waals surface area (Å²) in [5.41, 5.74) is 2.86. The van der Waals surface area contributed by atoms with Crippen LogP contribution in [0.25, 0.3) is 0 Å². The maximum atomic E-state index is 12.8. The average Bonchev–Trinajstić information content (AvgIpc) is 3.06. The molecule has 0 aromatic heterocycles. The van der Waals surface area contributed by atoms with Gasteiger partial charge in [-0.3, -0.25) is 9.59 Å². The predicted octanol–water partition coefficient (Wildman–Crippen LogP) is 2.65. The van der Waals surface area contributed by atoms with Gasteiger partial charge in [-0.15, -0.1) is 0 Å². The lowest BCUT2D eigenvalue weighted by Crippen LogP contribution is -2.43. The number of carbonyl (C=O) groups excluding carboxylic acids is 1. The summed E-state index contributed by atoms with van der Waals surface area (Å²) in [4.78, 5) is 26.0. The number of aliphatic carboxylic acids is 1. The molecule has 2 aliphatic rings. The van der Waals surface area contributed by atoms with Gasteiger partial charge < -0.3 is 14.7 Å². The monoisotopic (exact) mass is 331 g/mol. The van der Waals surface area contributed by atoms with Crippen LogP contribution in [0.1, 0.15) is 40.7 Å². The van der Waals surface area contributed by atoms with E-state index < -0.39 is 11.9 Å². The van der Waals surface area contributed by atoms with Crippen LogP contribution in [0.3, 0.4) is 0 Å². The first kappa shape index (κ1) is 17.0. The van der Waals surface area contributed by atoms with E-state index in [0.29, 0.717) is 26.1 Å². The molecule has 5 nitrogen and oxygen atoms in total. The van der Waals surface area contributed by atoms with Crippen LogP contribution in [-0.2, 0) is 9.53 Å². The quantitative estimate of drug-likeness (QED) is 0.924. The summed E-state index contributed by atoms with van der Waals surface area (Å²) < 4.78 is 5.70. The minimum Gasteiger partial charge on any atom is -0.481 e. The van der Waals surface area contributed by atoms with Crippen molar-refractivity contribution in [3.8, 4) is 0 Å². The molecule has 5 heteroatoms. The fourth-order valence-electron chi connectivity index (χ4n) is 3.91. The second-order valence-corrected chi connectivity index (χ2v) is 7.02. The van der Waals surface area contributed by atoms with Crippen molar-refractivity contribution >= 4 is 11.9 Å². The van der Waals surface area contributed by atoms with Crippen molar-refractivity contribution in [2.45, 2.75) is 39.2 Å². The SMILES string of the molecule is Cc1ccc(C)c(C(=O)N2CCC([C@@H]3OCCC3C(=O)O)CC2)c1. The molecule has 0 bridgehead atoms. The molecule has 24 heavy (non-hydrogen) atoms. The van der Waals surface area contributed by atoms with E-state index >= 15 is 0 Å². The molecule has 2 saturated heterocycles. The largest absolute Gasteiger partial charge is 0.481 e. The number of hydrogen-bond donors (Lipinski definition) is 1. The van der Waals surface area contributed by atoms with Crippen molar-refractivity contribution < 1.29 is 19.4 Å². The van der Waals surface area contributed by atoms with Crippen molar-refractivity contribution in [3.05, 3.63) is 34.9 Å². The van der Waals surface area contributed by atoms with Crippen molar-refractivity contribution in [3.63, 3.8) is 0 Å². The Bertz CT molecular complexity index is 634. The van der Waals surface area contributed by atoms with Gasteiger partial charge in [0.2, 0.25) is 0 Å². The zero-order chi connectivity index (χ0) is 17.3. The summed E-state index contributed by atoms with van der Waals surface area (Å²) in [5, 5.41) is 9.32. The Morgan fingerprint density at radius 2 is 1.88 bits per heavy atom. The molecule has 1 amide bonds. The Labute approximate surface area is 142 Å². The third-order valence-corrected chi connectivity index (χ3v) is 5.37. The maximum Gasteiger partial charge on any atom is 0.309 e. The number of likely N-dealkylation sites (tertiary alicyclic amines) is 1. The standard InChI is InChI=1S/C19H25NO4/c1-12-3-4-13(2)16(11-12)18(21)20-8-5-14(6-9-20)17-15(19(22)23)7-10-24-17/h3-4,11,14-15,17H,5-10H2,1-2H3,(H,22,23)/t15?,17-/m0/s1. The minimum absolute atomic E-state index is 0.0803. The van der Waals surface area contributed by atoms with Gasteiger partial charge in [0.15, 0.2) is 0 Å². The lowest BCUT2D eigenvalue weighted by Gasteiger charge is -2.35. The fraction of sp³-hybridized carbons (Fsp3) is 0.579. The van der Waals surface area contributed by atoms with Gasteiger partial charge in [0.05, 0.1) is 12.0 Å². The number of carboxylic acids is 1. The molecule has 0 radical (unpaired) electrons. The third kappa shape index (κ3) is 3.31. The van der Waals surface area contributed by atoms with E-state index in [1.165, 1.54) is 0 Å². The van der Waals surface area contributed by atoms with Gasteiger partial charge in [0.1, 0.15) is 0 Å². The summed E-state index contributed by atoms with van der Waals surface area (Å²) in [6.45, 7) is 5.82. The first-order chi connectivity index (χ1) is 11.5. The number of rotatable bonds is 3. The number of carbonyl (C=O) groups is 2. The second kappa shape index (κ2) is 6.93. The Hall–Kier alpha value is -1.88. The number of nitrogens with zero attached hydrogens (tertiary/aromatic N) is 1. The summed E-state index contributed by atoms with van der Waals surface area (Å²) in [7, 11) is 0. The number of amides is 1. The fourth-order valence-corrected chi connectivity index (χ4v) is 3.91. The third-order valence-electron chi connectivity index (χ3n) is 5.37. The van der Waals surface area contributed by atoms with Gasteiger partial charge in [-0.05, 0) is 50.7 Å². The van der Waals surface area contributed by atoms with E-state index in [4.69, 9.17) is 4.74 Å². The zero-order valence-electron chi connectivity index (χ0n) is 14.3. The Balaban J connectivity index is 1.63. The van der Waals surface area contributed by atoms with Gasteiger partial charge in [-0.1, -0.05) is 17.7 Å². The van der Waals surface area contributed by atoms with Crippen molar-refractivity contribution in [1.29, 1.82) is 0 Å². The molecule has 0 saturated carbocycles. The molecule has 1 aromatic rings. The van der Waals surface area contributed by atoms with Crippen LogP contribution in [-0.4, -0.2) is 47.7 Å². The molecule has 2 heterocycles. The number of benzene rings is 1. The van der Waals surface area contributed by atoms with Crippen molar-refractivity contribution in [2.24, 2.45) is 11.8 Å². The van der Waals surface area contributed by atoms with Crippen LogP contribution in [0.4, 0.5) is 0 Å². The Morgan fingerprint density at radius 3 is 2.54 bits per heavy atom. The van der Waals surface area contributed by atoms with Crippen LogP contribution < -0.4 is 0 Å². The van der Waals surface area contributed by atoms with Gasteiger partial charge in [-0.2, -0.15) is 0 Å². The van der Waals surface area contributed by atoms with E-state index in [-0.39, 0.29) is 17.9 Å². The molecular weight excluding hydrogens is 306 g/mol. The van der Waals surface area contributed by atoms with Crippen molar-refractivity contribution in [2.75, 3.05) is 19.7 Å². The molecule has 1 unspecified atom stereocenters. The topological polar surface area (TPSA) is 66.8 Å². The smallest absolute Gasteiger partial charge is 0.309 e. The molecule has 1 aromatic carbocycles. The molecule has 2 fully saturated rings. The molecule has 130 valence electrons. The lowest BCUT2D eigenvalue weighted by atomic mass is 9.84. The Kier molecular flexibility index (Phi) is 4.90. The van der Waals surface area contributed by atoms with E-state index in [0.717, 1.165) is 29.5 Å². The molecular formula is C19H25NO4. The number of ether oxygens (including phenoxy) is 1. The maximum absolute atomic E-state index is 12.8. The highest BCUT2D eigenvalue weighted by Gasteiger charge is 2.40. The molecule has 0 spiro atoms. The minimum atomic E-state index is -0.758. The van der Waals surface area contributed by atoms with E-state index in [1.54, 1.807) is 0 Å². The summed E-state index contributed by atoms with van der Waals surface area (Å²) >= 11 is 0. The lowest BCUT2D eigenvalue weighted by molar-refractivity contribution is -0.145. The highest BCUT2D eigenvalue weighted by atomic mass is 16.5. The molecule has 1 N–H and O–H groups in total. The highest BCUT2D eigenvalue weighted by molar-refractivity contribution is 5.95. The van der Waals surface area contributed by atoms with Gasteiger partial charge >= 0.3 is 5.97 Å². The zero-order valence-corrected chi connectivity index (χ0v) is 14.3. The number of carboxylic acid groups (broad SMARTS) is 1. The first-order valence-corrected chi connectivity index (χ1v) is 8.68. The number of piperidine rings is 1. The van der Waals surface area contributed by atoms with Crippen LogP contribution in [0, 0.1) is 25.7 Å². The summed E-state index contributed by atoms with van der Waals surface area (Å²) in [6.07, 6.45) is 2.03. The molecule has 2 atom stereocenters. The average molecular weight is 331 g/mol. The number of hydrogen-bond acceptors (Lipinski definition) is 3. The van der Waals surface area contributed by atoms with Crippen LogP contribution in [0.2, 0.25) is 0 Å². The summed E-state index contributed by atoms with van der Waals surface area (Å²) in [5.74, 6) is -0.837. The van der Waals surface area contributed by atoms with E-state index in [9.17, 15) is 14.7 Å². The number of aryl methyl sites for hydroxylation is 2. The van der Waals surface area contributed by atoms with Crippen LogP contribution in [0.5, 0.6) is 0 Å². The van der Waals surface area contributed by atoms with Crippen LogP contribution in [0.15, 0.2) is 18.2 Å². The van der Waals surface area contributed by atoms with Gasteiger partial charge in [-0.25, -0.2) is 0 Å². The van der Waals surface area contributed by atoms with Gasteiger partial charge in [0, 0.05) is 25.3 Å². The van der Waals surface area contributed by atoms with Gasteiger partial charge in [0.25, 0.3) is 5.91 Å². The van der Waals surface area contributed by atoms with Crippen LogP contribution >= 0.6 is 0 Å². The molecule has 3 rings (SSSR count). The summed E-state index contributed by atoms with van der Waals surface area (Å²) in [6, 6.07) is 5.95. The molecule has 0 aliphatic carbocycles. The highest BCUT2D eigenvalue weighted by Crippen LogP contribution is 2.33. The van der Waals surface area contributed by atoms with E-state index in [2.05, 4.69) is 0 Å². The Morgan fingerprint density at radius 1 is 1.17 bits per heavy atom. The second-order valence-electron chi connectivity index (χ2n) is 7.02. The van der Waals surface area contributed by atoms with E-state index in [1.807, 2.05) is 36.9 Å². The predicted molar refractivity (Wildman–Crippen MR) is 90.0 cm³/mol. The first-order valence-electron chi connectivity index (χ1n) is 8.68.